The van der Waals surface area contributed by atoms with E-state index in [9.17, 15) is 13.5 Å². The van der Waals surface area contributed by atoms with Gasteiger partial charge in [-0.05, 0) is 43.5 Å². The number of aliphatic hydroxyl groups is 1. The second-order valence-electron chi connectivity index (χ2n) is 4.52. The minimum atomic E-state index is -3.48. The highest BCUT2D eigenvalue weighted by Crippen LogP contribution is 2.20. The predicted octanol–water partition coefficient (Wildman–Crippen LogP) is 1.91. The van der Waals surface area contributed by atoms with Gasteiger partial charge in [0.05, 0.1) is 11.5 Å². The molecule has 0 amide bonds. The van der Waals surface area contributed by atoms with Crippen LogP contribution < -0.4 is 0 Å². The lowest BCUT2D eigenvalue weighted by molar-refractivity contribution is 0.280. The van der Waals surface area contributed by atoms with Crippen molar-refractivity contribution in [2.45, 2.75) is 44.7 Å². The predicted molar refractivity (Wildman–Crippen MR) is 71.8 cm³/mol. The van der Waals surface area contributed by atoms with E-state index in [4.69, 9.17) is 0 Å². The summed E-state index contributed by atoms with van der Waals surface area (Å²) in [4.78, 5) is 0.236. The first-order valence-corrected chi connectivity index (χ1v) is 7.47. The molecule has 0 saturated carbocycles. The van der Waals surface area contributed by atoms with Crippen LogP contribution in [-0.4, -0.2) is 30.9 Å². The van der Waals surface area contributed by atoms with E-state index in [1.54, 1.807) is 25.2 Å². The van der Waals surface area contributed by atoms with Crippen LogP contribution in [0.3, 0.4) is 0 Å². The fraction of sp³-hybridized carbons (Fsp3) is 0.538. The average Bonchev–Trinajstić information content (AvgIpc) is 2.37. The van der Waals surface area contributed by atoms with Crippen LogP contribution >= 0.6 is 0 Å². The van der Waals surface area contributed by atoms with Crippen molar-refractivity contribution in [2.75, 3.05) is 7.05 Å². The van der Waals surface area contributed by atoms with Crippen LogP contribution in [0, 0.1) is 6.92 Å². The molecule has 1 N–H and O–H groups in total. The van der Waals surface area contributed by atoms with Gasteiger partial charge in [0.15, 0.2) is 0 Å². The molecule has 4 nitrogen and oxygen atoms in total. The van der Waals surface area contributed by atoms with Crippen molar-refractivity contribution >= 4 is 10.0 Å². The lowest BCUT2D eigenvalue weighted by Gasteiger charge is -2.23. The van der Waals surface area contributed by atoms with Crippen LogP contribution in [0.2, 0.25) is 0 Å². The number of benzene rings is 1. The van der Waals surface area contributed by atoms with Crippen LogP contribution in [-0.2, 0) is 16.6 Å². The molecule has 1 aromatic rings. The Morgan fingerprint density at radius 2 is 2.00 bits per heavy atom. The van der Waals surface area contributed by atoms with E-state index in [-0.39, 0.29) is 17.5 Å². The first-order chi connectivity index (χ1) is 8.34. The number of aryl methyl sites for hydroxylation is 1. The zero-order valence-electron chi connectivity index (χ0n) is 11.3. The normalized spacial score (nSPS) is 13.9. The van der Waals surface area contributed by atoms with E-state index in [1.807, 2.05) is 20.8 Å². The average molecular weight is 271 g/mol. The Balaban J connectivity index is 3.20. The first kappa shape index (κ1) is 15.1. The maximum absolute atomic E-state index is 12.4. The van der Waals surface area contributed by atoms with Gasteiger partial charge >= 0.3 is 0 Å². The molecule has 0 saturated heterocycles. The third-order valence-corrected chi connectivity index (χ3v) is 5.35. The number of hydrogen-bond donors (Lipinski definition) is 1. The fourth-order valence-electron chi connectivity index (χ4n) is 1.64. The maximum atomic E-state index is 12.4. The topological polar surface area (TPSA) is 57.6 Å². The summed E-state index contributed by atoms with van der Waals surface area (Å²) in [6.07, 6.45) is 0.758. The summed E-state index contributed by atoms with van der Waals surface area (Å²) in [5.41, 5.74) is 1.54. The monoisotopic (exact) mass is 271 g/mol. The molecule has 0 radical (unpaired) electrons. The molecule has 0 spiro atoms. The van der Waals surface area contributed by atoms with Crippen molar-refractivity contribution in [3.05, 3.63) is 29.3 Å². The van der Waals surface area contributed by atoms with Gasteiger partial charge in [0.1, 0.15) is 0 Å². The number of hydrogen-bond acceptors (Lipinski definition) is 3. The molecular weight excluding hydrogens is 250 g/mol. The van der Waals surface area contributed by atoms with Gasteiger partial charge in [-0.1, -0.05) is 13.0 Å². The molecule has 0 aromatic heterocycles. The lowest BCUT2D eigenvalue weighted by Crippen LogP contribution is -2.34. The zero-order valence-corrected chi connectivity index (χ0v) is 12.2. The van der Waals surface area contributed by atoms with Crippen molar-refractivity contribution < 1.29 is 13.5 Å². The second-order valence-corrected chi connectivity index (χ2v) is 6.52. The summed E-state index contributed by atoms with van der Waals surface area (Å²) >= 11 is 0. The van der Waals surface area contributed by atoms with Gasteiger partial charge in [-0.2, -0.15) is 4.31 Å². The Hall–Kier alpha value is -0.910. The Labute approximate surface area is 109 Å². The molecule has 1 aromatic carbocycles. The van der Waals surface area contributed by atoms with Crippen LogP contribution in [0.5, 0.6) is 0 Å². The highest BCUT2D eigenvalue weighted by Gasteiger charge is 2.24. The van der Waals surface area contributed by atoms with Gasteiger partial charge in [0, 0.05) is 13.1 Å². The Morgan fingerprint density at radius 1 is 1.39 bits per heavy atom. The molecule has 1 unspecified atom stereocenters. The summed E-state index contributed by atoms with van der Waals surface area (Å²) in [5, 5.41) is 9.19. The zero-order chi connectivity index (χ0) is 13.9. The minimum absolute atomic E-state index is 0.0473. The van der Waals surface area contributed by atoms with Gasteiger partial charge in [0.25, 0.3) is 0 Å². The quantitative estimate of drug-likeness (QED) is 0.890. The molecule has 1 rings (SSSR count). The molecule has 0 fully saturated rings. The molecule has 18 heavy (non-hydrogen) atoms. The highest BCUT2D eigenvalue weighted by atomic mass is 32.2. The van der Waals surface area contributed by atoms with Gasteiger partial charge in [-0.3, -0.25) is 0 Å². The van der Waals surface area contributed by atoms with Crippen molar-refractivity contribution in [3.8, 4) is 0 Å². The van der Waals surface area contributed by atoms with Crippen molar-refractivity contribution in [3.63, 3.8) is 0 Å². The van der Waals surface area contributed by atoms with Crippen LogP contribution in [0.1, 0.15) is 31.4 Å². The van der Waals surface area contributed by atoms with Crippen molar-refractivity contribution in [1.82, 2.24) is 4.31 Å². The summed E-state index contributed by atoms with van der Waals surface area (Å²) in [6.45, 7) is 5.52. The summed E-state index contributed by atoms with van der Waals surface area (Å²) in [6, 6.07) is 4.81. The molecule has 5 heteroatoms. The number of aliphatic hydroxyl groups excluding tert-OH is 1. The smallest absolute Gasteiger partial charge is 0.243 e. The van der Waals surface area contributed by atoms with E-state index < -0.39 is 10.0 Å². The molecule has 0 heterocycles. The van der Waals surface area contributed by atoms with Gasteiger partial charge in [0.2, 0.25) is 10.0 Å². The summed E-state index contributed by atoms with van der Waals surface area (Å²) < 4.78 is 26.1. The SMILES string of the molecule is CCC(C)N(C)S(=O)(=O)c1ccc(C)c(CO)c1. The largest absolute Gasteiger partial charge is 0.392 e. The molecule has 0 aliphatic heterocycles. The molecule has 102 valence electrons. The molecule has 1 atom stereocenters. The second kappa shape index (κ2) is 5.82. The van der Waals surface area contributed by atoms with Crippen LogP contribution in [0.25, 0.3) is 0 Å². The van der Waals surface area contributed by atoms with E-state index in [0.29, 0.717) is 5.56 Å². The van der Waals surface area contributed by atoms with Crippen LogP contribution in [0.15, 0.2) is 23.1 Å². The molecule has 0 aliphatic carbocycles. The van der Waals surface area contributed by atoms with E-state index in [2.05, 4.69) is 0 Å². The maximum Gasteiger partial charge on any atom is 0.243 e. The van der Waals surface area contributed by atoms with Crippen LogP contribution in [0.4, 0.5) is 0 Å². The Morgan fingerprint density at radius 3 is 2.50 bits per heavy atom. The fourth-order valence-corrected chi connectivity index (χ4v) is 3.13. The van der Waals surface area contributed by atoms with Gasteiger partial charge in [-0.25, -0.2) is 8.42 Å². The number of nitrogens with zero attached hydrogens (tertiary/aromatic N) is 1. The minimum Gasteiger partial charge on any atom is -0.392 e. The molecule has 0 bridgehead atoms. The Kier molecular flexibility index (Phi) is 4.90. The van der Waals surface area contributed by atoms with Gasteiger partial charge < -0.3 is 5.11 Å². The lowest BCUT2D eigenvalue weighted by atomic mass is 10.1. The van der Waals surface area contributed by atoms with E-state index in [0.717, 1.165) is 12.0 Å². The van der Waals surface area contributed by atoms with E-state index >= 15 is 0 Å². The summed E-state index contributed by atoms with van der Waals surface area (Å²) in [5.74, 6) is 0. The van der Waals surface area contributed by atoms with Crippen molar-refractivity contribution in [1.29, 1.82) is 0 Å². The third kappa shape index (κ3) is 2.91. The van der Waals surface area contributed by atoms with Gasteiger partial charge in [-0.15, -0.1) is 0 Å². The Bertz CT molecular complexity index is 511. The first-order valence-electron chi connectivity index (χ1n) is 6.03. The van der Waals surface area contributed by atoms with E-state index in [1.165, 1.54) is 4.31 Å². The number of rotatable bonds is 5. The highest BCUT2D eigenvalue weighted by molar-refractivity contribution is 7.89. The third-order valence-electron chi connectivity index (χ3n) is 3.38. The van der Waals surface area contributed by atoms with Crippen molar-refractivity contribution in [2.24, 2.45) is 0 Å². The summed E-state index contributed by atoms with van der Waals surface area (Å²) in [7, 11) is -1.89. The standard InChI is InChI=1S/C13H21NO3S/c1-5-11(3)14(4)18(16,17)13-7-6-10(2)12(8-13)9-15/h6-8,11,15H,5,9H2,1-4H3. The molecular formula is C13H21NO3S. The number of sulfonamides is 1. The molecule has 0 aliphatic rings.